The first kappa shape index (κ1) is 19.2. The quantitative estimate of drug-likeness (QED) is 0.379. The van der Waals surface area contributed by atoms with Crippen LogP contribution >= 0.6 is 0 Å². The van der Waals surface area contributed by atoms with Gasteiger partial charge in [0.2, 0.25) is 5.82 Å². The van der Waals surface area contributed by atoms with Crippen LogP contribution in [0.1, 0.15) is 47.9 Å². The van der Waals surface area contributed by atoms with E-state index in [1.54, 1.807) is 10.7 Å². The Balaban J connectivity index is 1.23. The van der Waals surface area contributed by atoms with Gasteiger partial charge in [0.25, 0.3) is 5.91 Å². The lowest BCUT2D eigenvalue weighted by molar-refractivity contribution is 0.0557. The maximum Gasteiger partial charge on any atom is 0.291 e. The van der Waals surface area contributed by atoms with E-state index in [0.29, 0.717) is 11.6 Å². The van der Waals surface area contributed by atoms with E-state index in [1.807, 2.05) is 29.4 Å². The van der Waals surface area contributed by atoms with Crippen LogP contribution in [0.4, 0.5) is 5.82 Å². The van der Waals surface area contributed by atoms with E-state index in [-0.39, 0.29) is 23.9 Å². The number of aromatic nitrogens is 8. The van der Waals surface area contributed by atoms with Crippen molar-refractivity contribution in [2.24, 2.45) is 0 Å². The minimum absolute atomic E-state index is 0.0721. The molecule has 2 aliphatic heterocycles. The zero-order valence-corrected chi connectivity index (χ0v) is 18.2. The van der Waals surface area contributed by atoms with Gasteiger partial charge in [0.05, 0.1) is 6.20 Å². The van der Waals surface area contributed by atoms with Gasteiger partial charge in [-0.25, -0.2) is 15.0 Å². The Morgan fingerprint density at radius 1 is 1.12 bits per heavy atom. The average Bonchev–Trinajstić information content (AvgIpc) is 3.64. The third-order valence-electron chi connectivity index (χ3n) is 7.23. The van der Waals surface area contributed by atoms with Crippen molar-refractivity contribution in [2.75, 3.05) is 5.73 Å². The molecule has 0 aromatic carbocycles. The van der Waals surface area contributed by atoms with E-state index < -0.39 is 0 Å². The summed E-state index contributed by atoms with van der Waals surface area (Å²) in [4.78, 5) is 31.7. The number of nitrogens with zero attached hydrogens (tertiary/aromatic N) is 7. The number of nitrogens with two attached hydrogens (primary N) is 1. The molecular weight excluding hydrogens is 432 g/mol. The number of H-pyrrole nitrogens is 2. The Labute approximate surface area is 193 Å². The molecule has 1 unspecified atom stereocenters. The highest BCUT2D eigenvalue weighted by molar-refractivity contribution is 5.91. The van der Waals surface area contributed by atoms with Crippen molar-refractivity contribution in [3.05, 3.63) is 54.6 Å². The van der Waals surface area contributed by atoms with Gasteiger partial charge in [0.1, 0.15) is 17.8 Å². The van der Waals surface area contributed by atoms with Crippen molar-refractivity contribution in [3.8, 4) is 11.1 Å². The monoisotopic (exact) mass is 454 g/mol. The van der Waals surface area contributed by atoms with Crippen molar-refractivity contribution < 1.29 is 4.79 Å². The summed E-state index contributed by atoms with van der Waals surface area (Å²) in [5.74, 6) is 0.999. The first-order valence-electron chi connectivity index (χ1n) is 11.4. The van der Waals surface area contributed by atoms with Gasteiger partial charge in [-0.3, -0.25) is 9.89 Å². The second kappa shape index (κ2) is 7.11. The van der Waals surface area contributed by atoms with E-state index in [0.717, 1.165) is 59.2 Å². The van der Waals surface area contributed by atoms with E-state index in [2.05, 4.69) is 36.3 Å². The van der Waals surface area contributed by atoms with Crippen LogP contribution < -0.4 is 5.73 Å². The molecule has 3 atom stereocenters. The second-order valence-electron chi connectivity index (χ2n) is 9.14. The van der Waals surface area contributed by atoms with Crippen molar-refractivity contribution >= 4 is 28.4 Å². The Kier molecular flexibility index (Phi) is 4.02. The molecule has 7 rings (SSSR count). The molecule has 4 N–H and O–H groups in total. The average molecular weight is 454 g/mol. The Morgan fingerprint density at radius 2 is 1.97 bits per heavy atom. The van der Waals surface area contributed by atoms with Gasteiger partial charge in [-0.2, -0.15) is 14.7 Å². The molecule has 34 heavy (non-hydrogen) atoms. The molecule has 11 nitrogen and oxygen atoms in total. The molecule has 2 bridgehead atoms. The van der Waals surface area contributed by atoms with Crippen molar-refractivity contribution in [1.82, 2.24) is 44.6 Å². The molecule has 2 aliphatic rings. The van der Waals surface area contributed by atoms with Crippen molar-refractivity contribution in [2.45, 2.75) is 43.7 Å². The molecule has 5 aromatic rings. The molecule has 7 heterocycles. The molecule has 2 fully saturated rings. The summed E-state index contributed by atoms with van der Waals surface area (Å²) in [7, 11) is 0. The van der Waals surface area contributed by atoms with Gasteiger partial charge >= 0.3 is 0 Å². The fourth-order valence-electron chi connectivity index (χ4n) is 5.69. The number of rotatable bonds is 3. The van der Waals surface area contributed by atoms with Crippen LogP contribution in [0, 0.1) is 0 Å². The smallest absolute Gasteiger partial charge is 0.291 e. The topological polar surface area (TPSA) is 147 Å². The molecule has 5 aromatic heterocycles. The third kappa shape index (κ3) is 2.82. The van der Waals surface area contributed by atoms with Gasteiger partial charge in [-0.1, -0.05) is 0 Å². The van der Waals surface area contributed by atoms with Crippen LogP contribution in [0.3, 0.4) is 0 Å². The van der Waals surface area contributed by atoms with E-state index in [1.165, 1.54) is 6.33 Å². The number of carbonyl (C=O) groups excluding carboxylic acids is 1. The molecule has 170 valence electrons. The van der Waals surface area contributed by atoms with Crippen molar-refractivity contribution in [1.29, 1.82) is 0 Å². The van der Waals surface area contributed by atoms with Crippen LogP contribution in [0.5, 0.6) is 0 Å². The lowest BCUT2D eigenvalue weighted by Gasteiger charge is -2.38. The molecule has 0 saturated carbocycles. The summed E-state index contributed by atoms with van der Waals surface area (Å²) in [6.45, 7) is 0. The zero-order chi connectivity index (χ0) is 22.8. The number of nitrogens with one attached hydrogen (secondary N) is 2. The summed E-state index contributed by atoms with van der Waals surface area (Å²) < 4.78 is 1.68. The Bertz CT molecular complexity index is 1520. The minimum Gasteiger partial charge on any atom is -0.384 e. The van der Waals surface area contributed by atoms with Gasteiger partial charge in [-0.15, -0.1) is 0 Å². The zero-order valence-electron chi connectivity index (χ0n) is 18.2. The molecule has 0 radical (unpaired) electrons. The van der Waals surface area contributed by atoms with Crippen molar-refractivity contribution in [3.63, 3.8) is 0 Å². The van der Waals surface area contributed by atoms with E-state index in [9.17, 15) is 4.79 Å². The number of nitrogen functional groups attached to an aromatic ring is 1. The number of hydrogen-bond acceptors (Lipinski definition) is 7. The number of amides is 1. The fraction of sp³-hybridized carbons (Fsp3) is 0.304. The number of piperidine rings is 1. The largest absolute Gasteiger partial charge is 0.384 e. The predicted octanol–water partition coefficient (Wildman–Crippen LogP) is 2.52. The van der Waals surface area contributed by atoms with Crippen LogP contribution in [-0.4, -0.2) is 62.6 Å². The maximum absolute atomic E-state index is 13.0. The molecule has 2 saturated heterocycles. The number of carbonyl (C=O) groups is 1. The minimum atomic E-state index is -0.0721. The van der Waals surface area contributed by atoms with Gasteiger partial charge < -0.3 is 15.6 Å². The van der Waals surface area contributed by atoms with Gasteiger partial charge in [0.15, 0.2) is 5.65 Å². The van der Waals surface area contributed by atoms with E-state index in [4.69, 9.17) is 10.7 Å². The summed E-state index contributed by atoms with van der Waals surface area (Å²) in [5.41, 5.74) is 10.8. The van der Waals surface area contributed by atoms with E-state index >= 15 is 0 Å². The number of fused-ring (bicyclic) bond motifs is 4. The normalized spacial score (nSPS) is 22.1. The standard InChI is InChI=1S/C23H22N10O/c24-19-8-18(13-6-15-1-2-16(7-13)32(15)23(34)21-27-11-28-31-21)30-22-17(10-29-33(19)22)14-5-12-3-4-25-20(12)26-9-14/h3-5,8-11,13,15-16H,1-2,6-7,24H2,(H,25,26)(H,27,28,31)/t13?,15-,16+. The number of anilines is 1. The number of hydrogen-bond donors (Lipinski definition) is 3. The van der Waals surface area contributed by atoms with Gasteiger partial charge in [-0.05, 0) is 37.8 Å². The second-order valence-corrected chi connectivity index (χ2v) is 9.14. The highest BCUT2D eigenvalue weighted by atomic mass is 16.2. The van der Waals surface area contributed by atoms with Gasteiger partial charge in [0, 0.05) is 58.7 Å². The number of pyridine rings is 1. The highest BCUT2D eigenvalue weighted by Gasteiger charge is 2.45. The maximum atomic E-state index is 13.0. The predicted molar refractivity (Wildman–Crippen MR) is 124 cm³/mol. The fourth-order valence-corrected chi connectivity index (χ4v) is 5.69. The van der Waals surface area contributed by atoms with Crippen LogP contribution in [0.25, 0.3) is 27.8 Å². The molecule has 11 heteroatoms. The lowest BCUT2D eigenvalue weighted by atomic mass is 9.87. The third-order valence-corrected chi connectivity index (χ3v) is 7.23. The molecule has 1 amide bonds. The SMILES string of the molecule is Nc1cc(C2C[C@H]3CC[C@@H](C2)N3C(=O)c2ncn[nH]2)nc2c(-c3cnc4[nH]ccc4c3)cnn12. The first-order valence-corrected chi connectivity index (χ1v) is 11.4. The molecular formula is C23H22N10O. The van der Waals surface area contributed by atoms with Crippen LogP contribution in [-0.2, 0) is 0 Å². The summed E-state index contributed by atoms with van der Waals surface area (Å²) >= 11 is 0. The highest BCUT2D eigenvalue weighted by Crippen LogP contribution is 2.43. The molecule has 0 aliphatic carbocycles. The summed E-state index contributed by atoms with van der Waals surface area (Å²) in [6, 6.07) is 6.31. The molecule has 0 spiro atoms. The number of aromatic amines is 2. The summed E-state index contributed by atoms with van der Waals surface area (Å²) in [6.07, 6.45) is 10.5. The first-order chi connectivity index (χ1) is 16.7. The van der Waals surface area contributed by atoms with Crippen LogP contribution in [0.2, 0.25) is 0 Å². The Hall–Kier alpha value is -4.28. The Morgan fingerprint density at radius 3 is 2.76 bits per heavy atom. The van der Waals surface area contributed by atoms with Crippen LogP contribution in [0.15, 0.2) is 43.1 Å². The summed E-state index contributed by atoms with van der Waals surface area (Å²) in [5, 5.41) is 12.0. The lowest BCUT2D eigenvalue weighted by Crippen LogP contribution is -2.46.